The molecule has 0 bridgehead atoms. The highest BCUT2D eigenvalue weighted by molar-refractivity contribution is 5.41. The summed E-state index contributed by atoms with van der Waals surface area (Å²) in [6.45, 7) is 4.80. The van der Waals surface area contributed by atoms with Crippen molar-refractivity contribution >= 4 is 0 Å². The van der Waals surface area contributed by atoms with E-state index < -0.39 is 0 Å². The number of aryl methyl sites for hydroxylation is 1. The Morgan fingerprint density at radius 1 is 1.05 bits per heavy atom. The Bertz CT molecular complexity index is 534. The Hall–Kier alpha value is -1.80. The van der Waals surface area contributed by atoms with Gasteiger partial charge in [0.2, 0.25) is 0 Å². The van der Waals surface area contributed by atoms with Crippen molar-refractivity contribution in [2.45, 2.75) is 32.7 Å². The second-order valence-corrected chi connectivity index (χ2v) is 5.33. The van der Waals surface area contributed by atoms with Gasteiger partial charge in [0.05, 0.1) is 6.61 Å². The molecular formula is C18H23NO. The van der Waals surface area contributed by atoms with Crippen molar-refractivity contribution in [3.05, 3.63) is 65.2 Å². The molecule has 2 nitrogen and oxygen atoms in total. The van der Waals surface area contributed by atoms with E-state index in [-0.39, 0.29) is 6.04 Å². The molecule has 1 unspecified atom stereocenters. The lowest BCUT2D eigenvalue weighted by Gasteiger charge is -2.15. The minimum Gasteiger partial charge on any atom is -0.493 e. The van der Waals surface area contributed by atoms with Crippen LogP contribution in [0, 0.1) is 6.92 Å². The van der Waals surface area contributed by atoms with Gasteiger partial charge in [-0.25, -0.2) is 0 Å². The highest BCUT2D eigenvalue weighted by Gasteiger charge is 2.08. The van der Waals surface area contributed by atoms with Crippen LogP contribution in [-0.2, 0) is 12.8 Å². The van der Waals surface area contributed by atoms with Crippen molar-refractivity contribution in [2.75, 3.05) is 6.61 Å². The van der Waals surface area contributed by atoms with Gasteiger partial charge in [0.1, 0.15) is 5.75 Å². The van der Waals surface area contributed by atoms with Crippen molar-refractivity contribution in [3.63, 3.8) is 0 Å². The summed E-state index contributed by atoms with van der Waals surface area (Å²) in [6.07, 6.45) is 1.77. The molecule has 0 spiro atoms. The monoisotopic (exact) mass is 269 g/mol. The molecule has 0 aliphatic carbocycles. The molecule has 0 heterocycles. The summed E-state index contributed by atoms with van der Waals surface area (Å²) in [5.74, 6) is 1.00. The lowest BCUT2D eigenvalue weighted by molar-refractivity contribution is 0.316. The van der Waals surface area contributed by atoms with Crippen molar-refractivity contribution in [1.29, 1.82) is 0 Å². The van der Waals surface area contributed by atoms with Gasteiger partial charge in [0, 0.05) is 12.5 Å². The Morgan fingerprint density at radius 2 is 1.80 bits per heavy atom. The number of ether oxygens (including phenoxy) is 1. The fraction of sp³-hybridized carbons (Fsp3) is 0.333. The number of para-hydroxylation sites is 1. The van der Waals surface area contributed by atoms with E-state index in [1.807, 2.05) is 13.0 Å². The van der Waals surface area contributed by atoms with Gasteiger partial charge in [-0.15, -0.1) is 0 Å². The third kappa shape index (κ3) is 4.10. The van der Waals surface area contributed by atoms with E-state index in [0.29, 0.717) is 6.61 Å². The van der Waals surface area contributed by atoms with Gasteiger partial charge >= 0.3 is 0 Å². The Kier molecular flexibility index (Phi) is 5.19. The molecule has 2 N–H and O–H groups in total. The first-order chi connectivity index (χ1) is 9.66. The van der Waals surface area contributed by atoms with Crippen LogP contribution in [-0.4, -0.2) is 12.6 Å². The molecule has 2 rings (SSSR count). The minimum absolute atomic E-state index is 0.147. The van der Waals surface area contributed by atoms with E-state index >= 15 is 0 Å². The van der Waals surface area contributed by atoms with Crippen LogP contribution in [0.3, 0.4) is 0 Å². The molecule has 106 valence electrons. The smallest absolute Gasteiger partial charge is 0.125 e. The zero-order chi connectivity index (χ0) is 14.4. The highest BCUT2D eigenvalue weighted by Crippen LogP contribution is 2.24. The molecule has 0 saturated heterocycles. The molecule has 0 aliphatic rings. The summed E-state index contributed by atoms with van der Waals surface area (Å²) in [5.41, 5.74) is 9.59. The number of nitrogens with two attached hydrogens (primary N) is 1. The lowest BCUT2D eigenvalue weighted by atomic mass is 10.0. The lowest BCUT2D eigenvalue weighted by Crippen LogP contribution is -2.18. The topological polar surface area (TPSA) is 35.2 Å². The highest BCUT2D eigenvalue weighted by atomic mass is 16.5. The molecule has 2 heteroatoms. The third-order valence-corrected chi connectivity index (χ3v) is 3.32. The van der Waals surface area contributed by atoms with E-state index in [1.165, 1.54) is 16.7 Å². The first-order valence-electron chi connectivity index (χ1n) is 7.17. The van der Waals surface area contributed by atoms with Crippen molar-refractivity contribution < 1.29 is 4.74 Å². The van der Waals surface area contributed by atoms with Crippen molar-refractivity contribution in [1.82, 2.24) is 0 Å². The quantitative estimate of drug-likeness (QED) is 0.871. The van der Waals surface area contributed by atoms with E-state index in [4.69, 9.17) is 10.5 Å². The molecule has 0 radical (unpaired) electrons. The molecule has 0 aromatic heterocycles. The molecular weight excluding hydrogens is 246 g/mol. The maximum absolute atomic E-state index is 6.02. The second kappa shape index (κ2) is 7.11. The van der Waals surface area contributed by atoms with Crippen LogP contribution >= 0.6 is 0 Å². The first kappa shape index (κ1) is 14.6. The Morgan fingerprint density at radius 3 is 2.50 bits per heavy atom. The summed E-state index contributed by atoms with van der Waals surface area (Å²) >= 11 is 0. The summed E-state index contributed by atoms with van der Waals surface area (Å²) in [4.78, 5) is 0. The molecule has 1 atom stereocenters. The maximum Gasteiger partial charge on any atom is 0.125 e. The molecule has 0 saturated carbocycles. The van der Waals surface area contributed by atoms with Gasteiger partial charge < -0.3 is 10.5 Å². The summed E-state index contributed by atoms with van der Waals surface area (Å²) in [7, 11) is 0. The first-order valence-corrected chi connectivity index (χ1v) is 7.17. The van der Waals surface area contributed by atoms with Crippen molar-refractivity contribution in [3.8, 4) is 5.75 Å². The second-order valence-electron chi connectivity index (χ2n) is 5.33. The van der Waals surface area contributed by atoms with Crippen LogP contribution in [0.15, 0.2) is 48.5 Å². The summed E-state index contributed by atoms with van der Waals surface area (Å²) < 4.78 is 6.02. The normalized spacial score (nSPS) is 12.2. The predicted molar refractivity (Wildman–Crippen MR) is 84.2 cm³/mol. The average Bonchev–Trinajstić information content (AvgIpc) is 2.42. The molecule has 0 fully saturated rings. The van der Waals surface area contributed by atoms with Crippen molar-refractivity contribution in [2.24, 2.45) is 5.73 Å². The number of hydrogen-bond donors (Lipinski definition) is 1. The minimum atomic E-state index is 0.147. The third-order valence-electron chi connectivity index (χ3n) is 3.32. The van der Waals surface area contributed by atoms with E-state index in [9.17, 15) is 0 Å². The zero-order valence-corrected chi connectivity index (χ0v) is 12.3. The average molecular weight is 269 g/mol. The number of hydrogen-bond acceptors (Lipinski definition) is 2. The SMILES string of the molecule is Cc1cccc(CC(C)N)c1OCCc1ccccc1. The van der Waals surface area contributed by atoms with E-state index in [0.717, 1.165) is 18.6 Å². The Balaban J connectivity index is 2.01. The van der Waals surface area contributed by atoms with Gasteiger partial charge in [0.15, 0.2) is 0 Å². The summed E-state index contributed by atoms with van der Waals surface area (Å²) in [5, 5.41) is 0. The standard InChI is InChI=1S/C18H23NO/c1-14-7-6-10-17(13-15(2)19)18(14)20-12-11-16-8-4-3-5-9-16/h3-10,15H,11-13,19H2,1-2H3. The van der Waals surface area contributed by atoms with Gasteiger partial charge in [-0.05, 0) is 37.0 Å². The number of rotatable bonds is 6. The van der Waals surface area contributed by atoms with Crippen LogP contribution in [0.1, 0.15) is 23.6 Å². The molecule has 2 aromatic rings. The molecule has 2 aromatic carbocycles. The number of benzene rings is 2. The molecule has 0 amide bonds. The fourth-order valence-corrected chi connectivity index (χ4v) is 2.34. The Labute approximate surface area is 121 Å². The van der Waals surface area contributed by atoms with Crippen LogP contribution in [0.4, 0.5) is 0 Å². The van der Waals surface area contributed by atoms with E-state index in [2.05, 4.69) is 49.4 Å². The summed E-state index contributed by atoms with van der Waals surface area (Å²) in [6, 6.07) is 16.8. The van der Waals surface area contributed by atoms with E-state index in [1.54, 1.807) is 0 Å². The predicted octanol–water partition coefficient (Wildman–Crippen LogP) is 3.51. The largest absolute Gasteiger partial charge is 0.493 e. The van der Waals surface area contributed by atoms with Crippen LogP contribution in [0.2, 0.25) is 0 Å². The van der Waals surface area contributed by atoms with Gasteiger partial charge in [-0.3, -0.25) is 0 Å². The van der Waals surface area contributed by atoms with Gasteiger partial charge in [-0.1, -0.05) is 48.5 Å². The zero-order valence-electron chi connectivity index (χ0n) is 12.3. The van der Waals surface area contributed by atoms with Crippen LogP contribution in [0.25, 0.3) is 0 Å². The molecule has 20 heavy (non-hydrogen) atoms. The van der Waals surface area contributed by atoms with Crippen LogP contribution in [0.5, 0.6) is 5.75 Å². The molecule has 0 aliphatic heterocycles. The maximum atomic E-state index is 6.02. The van der Waals surface area contributed by atoms with Gasteiger partial charge in [-0.2, -0.15) is 0 Å². The van der Waals surface area contributed by atoms with Gasteiger partial charge in [0.25, 0.3) is 0 Å². The fourth-order valence-electron chi connectivity index (χ4n) is 2.34. The van der Waals surface area contributed by atoms with Crippen LogP contribution < -0.4 is 10.5 Å².